The number of phenolic OH excluding ortho intramolecular Hbond substituents is 2. The van der Waals surface area contributed by atoms with E-state index in [9.17, 15) is 20.1 Å². The van der Waals surface area contributed by atoms with Crippen molar-refractivity contribution in [3.8, 4) is 11.5 Å². The molecule has 4 aromatic rings. The number of aryl methyl sites for hydroxylation is 4. The largest absolute Gasteiger partial charge is 0.508 e. The van der Waals surface area contributed by atoms with Gasteiger partial charge in [-0.15, -0.1) is 0 Å². The normalized spacial score (nSPS) is 13.2. The maximum Gasteiger partial charge on any atom is 0.155 e. The Labute approximate surface area is 333 Å². The minimum atomic E-state index is -0.722. The first-order valence-corrected chi connectivity index (χ1v) is 20.6. The molecule has 1 atom stereocenters. The monoisotopic (exact) mass is 745 g/mol. The number of carbonyl (C=O) groups excluding carboxylic acids is 1. The standard InChI is InChI=1S/C27H38O2.C24H30O2/c1-7-16-26(29,8-2)17-15-22-11-12-23(18-20(22)5)27(9-3,10-4)24-13-14-25(28)21(6)19-24;1-6-22(25)13-10-19-9-11-20(15-17(19)4)24(7-2,8-3)21-12-14-23(26)18(5)16-21/h11-15,17-19,28-29H,7-10,16H2,1-6H3;9-16,26H,6-8H2,1-5H3/b17-15+;13-10+. The minimum absolute atomic E-state index is 0.0716. The maximum atomic E-state index is 11.6. The van der Waals surface area contributed by atoms with Crippen molar-refractivity contribution in [2.24, 2.45) is 0 Å². The Kier molecular flexibility index (Phi) is 16.3. The van der Waals surface area contributed by atoms with E-state index in [4.69, 9.17) is 0 Å². The van der Waals surface area contributed by atoms with Crippen LogP contribution in [0.2, 0.25) is 0 Å². The molecule has 0 spiro atoms. The maximum absolute atomic E-state index is 11.6. The molecule has 4 heteroatoms. The van der Waals surface area contributed by atoms with Crippen molar-refractivity contribution in [1.29, 1.82) is 0 Å². The van der Waals surface area contributed by atoms with Crippen LogP contribution in [0.5, 0.6) is 11.5 Å². The van der Waals surface area contributed by atoms with E-state index in [2.05, 4.69) is 109 Å². The molecule has 0 aliphatic carbocycles. The minimum Gasteiger partial charge on any atom is -0.508 e. The predicted molar refractivity (Wildman–Crippen MR) is 234 cm³/mol. The van der Waals surface area contributed by atoms with Gasteiger partial charge in [-0.3, -0.25) is 4.79 Å². The SMILES string of the molecule is CCC(=O)/C=C/c1ccc(C(CC)(CC)c2ccc(O)c(C)c2)cc1C.CCCC(O)(/C=C/c1ccc(C(CC)(CC)c2ccc(O)c(C)c2)cc1C)CC. The van der Waals surface area contributed by atoms with Gasteiger partial charge >= 0.3 is 0 Å². The Morgan fingerprint density at radius 3 is 1.25 bits per heavy atom. The second-order valence-corrected chi connectivity index (χ2v) is 15.4. The van der Waals surface area contributed by atoms with Crippen LogP contribution in [-0.4, -0.2) is 26.7 Å². The summed E-state index contributed by atoms with van der Waals surface area (Å²) in [7, 11) is 0. The molecule has 0 bridgehead atoms. The molecule has 0 aliphatic heterocycles. The lowest BCUT2D eigenvalue weighted by Gasteiger charge is -2.34. The van der Waals surface area contributed by atoms with Crippen molar-refractivity contribution >= 4 is 17.9 Å². The highest BCUT2D eigenvalue weighted by Crippen LogP contribution is 2.42. The van der Waals surface area contributed by atoms with Gasteiger partial charge in [-0.25, -0.2) is 0 Å². The first kappa shape index (κ1) is 45.0. The molecule has 4 aromatic carbocycles. The van der Waals surface area contributed by atoms with Crippen molar-refractivity contribution in [2.75, 3.05) is 0 Å². The zero-order chi connectivity index (χ0) is 41.0. The molecule has 0 radical (unpaired) electrons. The first-order valence-electron chi connectivity index (χ1n) is 20.6. The fourth-order valence-corrected chi connectivity index (χ4v) is 8.05. The Balaban J connectivity index is 0.000000297. The van der Waals surface area contributed by atoms with E-state index < -0.39 is 5.60 Å². The van der Waals surface area contributed by atoms with Crippen LogP contribution in [0.4, 0.5) is 0 Å². The van der Waals surface area contributed by atoms with E-state index in [1.165, 1.54) is 33.4 Å². The van der Waals surface area contributed by atoms with E-state index in [1.54, 1.807) is 12.1 Å². The molecular formula is C51H68O4. The van der Waals surface area contributed by atoms with Crippen LogP contribution in [0.1, 0.15) is 155 Å². The molecule has 1 unspecified atom stereocenters. The molecule has 0 heterocycles. The fraction of sp³-hybridized carbons (Fsp3) is 0.431. The number of rotatable bonds is 16. The molecule has 4 rings (SSSR count). The van der Waals surface area contributed by atoms with Crippen molar-refractivity contribution < 1.29 is 20.1 Å². The molecule has 55 heavy (non-hydrogen) atoms. The van der Waals surface area contributed by atoms with E-state index in [0.717, 1.165) is 67.2 Å². The summed E-state index contributed by atoms with van der Waals surface area (Å²) in [6.45, 7) is 23.1. The third-order valence-corrected chi connectivity index (χ3v) is 12.2. The lowest BCUT2D eigenvalue weighted by Crippen LogP contribution is -2.26. The third kappa shape index (κ3) is 10.5. The molecule has 3 N–H and O–H groups in total. The molecule has 4 nitrogen and oxygen atoms in total. The van der Waals surface area contributed by atoms with E-state index in [0.29, 0.717) is 17.9 Å². The van der Waals surface area contributed by atoms with Crippen molar-refractivity contribution in [2.45, 2.75) is 144 Å². The van der Waals surface area contributed by atoms with Crippen LogP contribution in [0.3, 0.4) is 0 Å². The second kappa shape index (κ2) is 20.0. The van der Waals surface area contributed by atoms with Crippen LogP contribution < -0.4 is 0 Å². The van der Waals surface area contributed by atoms with Gasteiger partial charge in [0.05, 0.1) is 5.60 Å². The summed E-state index contributed by atoms with van der Waals surface area (Å²) in [4.78, 5) is 11.6. The van der Waals surface area contributed by atoms with E-state index in [1.807, 2.05) is 52.0 Å². The van der Waals surface area contributed by atoms with Gasteiger partial charge in [0.1, 0.15) is 11.5 Å². The fourth-order valence-electron chi connectivity index (χ4n) is 8.05. The lowest BCUT2D eigenvalue weighted by atomic mass is 9.70. The molecule has 0 fully saturated rings. The smallest absolute Gasteiger partial charge is 0.155 e. The summed E-state index contributed by atoms with van der Waals surface area (Å²) in [6.07, 6.45) is 14.6. The summed E-state index contributed by atoms with van der Waals surface area (Å²) in [6, 6.07) is 25.2. The number of aliphatic hydroxyl groups is 1. The van der Waals surface area contributed by atoms with Gasteiger partial charge in [-0.2, -0.15) is 0 Å². The number of phenols is 2. The average molecular weight is 745 g/mol. The molecule has 296 valence electrons. The van der Waals surface area contributed by atoms with E-state index >= 15 is 0 Å². The van der Waals surface area contributed by atoms with E-state index in [-0.39, 0.29) is 16.6 Å². The molecule has 0 aliphatic rings. The van der Waals surface area contributed by atoms with Crippen LogP contribution >= 0.6 is 0 Å². The van der Waals surface area contributed by atoms with Gasteiger partial charge in [0, 0.05) is 17.3 Å². The number of ketones is 1. The first-order chi connectivity index (χ1) is 26.1. The predicted octanol–water partition coefficient (Wildman–Crippen LogP) is 13.2. The van der Waals surface area contributed by atoms with Gasteiger partial charge in [0.2, 0.25) is 0 Å². The van der Waals surface area contributed by atoms with Gasteiger partial charge < -0.3 is 15.3 Å². The number of hydrogen-bond acceptors (Lipinski definition) is 4. The van der Waals surface area contributed by atoms with Crippen LogP contribution in [0.15, 0.2) is 84.9 Å². The van der Waals surface area contributed by atoms with Crippen LogP contribution in [0.25, 0.3) is 12.2 Å². The zero-order valence-electron chi connectivity index (χ0n) is 35.6. The van der Waals surface area contributed by atoms with Gasteiger partial charge in [0.15, 0.2) is 5.78 Å². The highest BCUT2D eigenvalue weighted by molar-refractivity contribution is 5.93. The number of hydrogen-bond donors (Lipinski definition) is 3. The Hall–Kier alpha value is -4.41. The Bertz CT molecular complexity index is 1940. The molecule has 0 saturated heterocycles. The molecule has 0 amide bonds. The van der Waals surface area contributed by atoms with Gasteiger partial charge in [-0.1, -0.05) is 134 Å². The number of benzene rings is 4. The van der Waals surface area contributed by atoms with Crippen molar-refractivity contribution in [3.63, 3.8) is 0 Å². The Morgan fingerprint density at radius 2 is 0.927 bits per heavy atom. The molecular weight excluding hydrogens is 677 g/mol. The lowest BCUT2D eigenvalue weighted by molar-refractivity contribution is -0.114. The van der Waals surface area contributed by atoms with Crippen molar-refractivity contribution in [3.05, 3.63) is 141 Å². The molecule has 0 aromatic heterocycles. The van der Waals surface area contributed by atoms with Crippen LogP contribution in [0, 0.1) is 27.7 Å². The summed E-state index contributed by atoms with van der Waals surface area (Å²) >= 11 is 0. The number of carbonyl (C=O) groups is 1. The Morgan fingerprint density at radius 1 is 0.545 bits per heavy atom. The topological polar surface area (TPSA) is 77.8 Å². The quantitative estimate of drug-likeness (QED) is 0.0998. The summed E-state index contributed by atoms with van der Waals surface area (Å²) in [5.74, 6) is 0.832. The second-order valence-electron chi connectivity index (χ2n) is 15.4. The number of aromatic hydroxyl groups is 2. The van der Waals surface area contributed by atoms with Gasteiger partial charge in [-0.05, 0) is 140 Å². The summed E-state index contributed by atoms with van der Waals surface area (Å²) in [5, 5.41) is 30.6. The molecule has 0 saturated carbocycles. The summed E-state index contributed by atoms with van der Waals surface area (Å²) in [5.41, 5.74) is 10.7. The van der Waals surface area contributed by atoms with Crippen molar-refractivity contribution in [1.82, 2.24) is 0 Å². The highest BCUT2D eigenvalue weighted by atomic mass is 16.3. The van der Waals surface area contributed by atoms with Crippen LogP contribution in [-0.2, 0) is 15.6 Å². The third-order valence-electron chi connectivity index (χ3n) is 12.2. The average Bonchev–Trinajstić information content (AvgIpc) is 3.18. The number of allylic oxidation sites excluding steroid dienone is 1. The zero-order valence-corrected chi connectivity index (χ0v) is 35.6. The highest BCUT2D eigenvalue weighted by Gasteiger charge is 2.32. The van der Waals surface area contributed by atoms with Gasteiger partial charge in [0.25, 0.3) is 0 Å². The summed E-state index contributed by atoms with van der Waals surface area (Å²) < 4.78 is 0.